The van der Waals surface area contributed by atoms with Crippen LogP contribution in [0.1, 0.15) is 6.42 Å². The summed E-state index contributed by atoms with van der Waals surface area (Å²) in [6, 6.07) is 8.65. The van der Waals surface area contributed by atoms with E-state index in [1.54, 1.807) is 30.3 Å². The third kappa shape index (κ3) is 1.90. The number of ether oxygens (including phenoxy) is 2. The van der Waals surface area contributed by atoms with Gasteiger partial charge in [0.2, 0.25) is 0 Å². The first-order valence-electron chi connectivity index (χ1n) is 5.63. The molecule has 0 aromatic heterocycles. The molecule has 1 aromatic rings. The van der Waals surface area contributed by atoms with Crippen LogP contribution in [0.15, 0.2) is 43.0 Å². The molecule has 0 radical (unpaired) electrons. The van der Waals surface area contributed by atoms with Crippen LogP contribution in [0, 0.1) is 11.3 Å². The molecule has 0 saturated heterocycles. The zero-order valence-electron chi connectivity index (χ0n) is 10.1. The van der Waals surface area contributed by atoms with Gasteiger partial charge in [-0.2, -0.15) is 0 Å². The van der Waals surface area contributed by atoms with Crippen molar-refractivity contribution in [3.8, 4) is 5.75 Å². The zero-order chi connectivity index (χ0) is 13.2. The summed E-state index contributed by atoms with van der Waals surface area (Å²) in [5, 5.41) is 0. The van der Waals surface area contributed by atoms with Crippen molar-refractivity contribution in [1.29, 1.82) is 0 Å². The Hall–Kier alpha value is -2.10. The molecule has 1 saturated carbocycles. The van der Waals surface area contributed by atoms with Gasteiger partial charge in [-0.15, -0.1) is 6.58 Å². The van der Waals surface area contributed by atoms with Gasteiger partial charge in [0, 0.05) is 5.92 Å². The van der Waals surface area contributed by atoms with Crippen molar-refractivity contribution in [2.24, 2.45) is 11.3 Å². The van der Waals surface area contributed by atoms with E-state index in [9.17, 15) is 9.59 Å². The van der Waals surface area contributed by atoms with Crippen molar-refractivity contribution < 1.29 is 19.1 Å². The first-order valence-corrected chi connectivity index (χ1v) is 5.63. The van der Waals surface area contributed by atoms with Crippen molar-refractivity contribution in [3.05, 3.63) is 43.0 Å². The standard InChI is InChI=1S/C14H14O4/c1-3-10-9-14(10,12(15)17-2)13(16)18-11-7-5-4-6-8-11/h3-8,10H,1,9H2,2H3. The van der Waals surface area contributed by atoms with Gasteiger partial charge in [0.15, 0.2) is 5.41 Å². The number of hydrogen-bond acceptors (Lipinski definition) is 4. The summed E-state index contributed by atoms with van der Waals surface area (Å²) < 4.78 is 9.89. The summed E-state index contributed by atoms with van der Waals surface area (Å²) in [4.78, 5) is 23.8. The van der Waals surface area contributed by atoms with E-state index in [-0.39, 0.29) is 5.92 Å². The predicted molar refractivity (Wildman–Crippen MR) is 64.8 cm³/mol. The topological polar surface area (TPSA) is 52.6 Å². The van der Waals surface area contributed by atoms with Crippen molar-refractivity contribution in [2.45, 2.75) is 6.42 Å². The third-order valence-corrected chi connectivity index (χ3v) is 3.17. The van der Waals surface area contributed by atoms with E-state index in [0.717, 1.165) is 0 Å². The van der Waals surface area contributed by atoms with Crippen molar-refractivity contribution in [3.63, 3.8) is 0 Å². The molecule has 2 atom stereocenters. The number of benzene rings is 1. The maximum Gasteiger partial charge on any atom is 0.329 e. The van der Waals surface area contributed by atoms with Crippen LogP contribution in [-0.4, -0.2) is 19.0 Å². The van der Waals surface area contributed by atoms with Crippen molar-refractivity contribution >= 4 is 11.9 Å². The molecule has 0 N–H and O–H groups in total. The van der Waals surface area contributed by atoms with Gasteiger partial charge in [0.1, 0.15) is 5.75 Å². The monoisotopic (exact) mass is 246 g/mol. The van der Waals surface area contributed by atoms with Crippen LogP contribution >= 0.6 is 0 Å². The maximum atomic E-state index is 12.1. The molecular weight excluding hydrogens is 232 g/mol. The molecule has 0 amide bonds. The smallest absolute Gasteiger partial charge is 0.329 e. The van der Waals surface area contributed by atoms with E-state index >= 15 is 0 Å². The van der Waals surface area contributed by atoms with E-state index in [2.05, 4.69) is 11.3 Å². The van der Waals surface area contributed by atoms with Gasteiger partial charge in [0.05, 0.1) is 7.11 Å². The molecule has 1 aliphatic carbocycles. The number of methoxy groups -OCH3 is 1. The summed E-state index contributed by atoms with van der Waals surface area (Å²) in [5.41, 5.74) is -1.20. The molecule has 0 aliphatic heterocycles. The van der Waals surface area contributed by atoms with Gasteiger partial charge in [-0.3, -0.25) is 9.59 Å². The van der Waals surface area contributed by atoms with Crippen LogP contribution in [0.5, 0.6) is 5.75 Å². The molecular formula is C14H14O4. The van der Waals surface area contributed by atoms with Gasteiger partial charge in [-0.1, -0.05) is 24.3 Å². The van der Waals surface area contributed by atoms with E-state index in [4.69, 9.17) is 4.74 Å². The number of carbonyl (C=O) groups is 2. The molecule has 4 heteroatoms. The Bertz CT molecular complexity index is 480. The highest BCUT2D eigenvalue weighted by Gasteiger charge is 2.67. The molecule has 0 heterocycles. The summed E-state index contributed by atoms with van der Waals surface area (Å²) in [6.07, 6.45) is 1.98. The summed E-state index contributed by atoms with van der Waals surface area (Å²) >= 11 is 0. The Morgan fingerprint density at radius 3 is 2.50 bits per heavy atom. The van der Waals surface area contributed by atoms with Crippen LogP contribution in [0.3, 0.4) is 0 Å². The lowest BCUT2D eigenvalue weighted by molar-refractivity contribution is -0.158. The highest BCUT2D eigenvalue weighted by Crippen LogP contribution is 2.55. The average Bonchev–Trinajstić information content (AvgIpc) is 3.15. The van der Waals surface area contributed by atoms with Gasteiger partial charge < -0.3 is 9.47 Å². The number of allylic oxidation sites excluding steroid dienone is 1. The fraction of sp³-hybridized carbons (Fsp3) is 0.286. The molecule has 0 spiro atoms. The minimum absolute atomic E-state index is 0.207. The van der Waals surface area contributed by atoms with E-state index in [1.165, 1.54) is 7.11 Å². The molecule has 4 nitrogen and oxygen atoms in total. The minimum Gasteiger partial charge on any atom is -0.468 e. The minimum atomic E-state index is -1.20. The zero-order valence-corrected chi connectivity index (χ0v) is 10.1. The molecule has 94 valence electrons. The van der Waals surface area contributed by atoms with Crippen molar-refractivity contribution in [1.82, 2.24) is 0 Å². The van der Waals surface area contributed by atoms with Gasteiger partial charge in [0.25, 0.3) is 0 Å². The van der Waals surface area contributed by atoms with Crippen LogP contribution in [0.2, 0.25) is 0 Å². The van der Waals surface area contributed by atoms with E-state index in [0.29, 0.717) is 12.2 Å². The number of para-hydroxylation sites is 1. The lowest BCUT2D eigenvalue weighted by Gasteiger charge is -2.13. The number of hydrogen-bond donors (Lipinski definition) is 0. The second kappa shape index (κ2) is 4.64. The van der Waals surface area contributed by atoms with Crippen LogP contribution < -0.4 is 4.74 Å². The second-order valence-corrected chi connectivity index (χ2v) is 4.21. The Morgan fingerprint density at radius 2 is 2.00 bits per heavy atom. The third-order valence-electron chi connectivity index (χ3n) is 3.17. The largest absolute Gasteiger partial charge is 0.468 e. The lowest BCUT2D eigenvalue weighted by atomic mass is 10.0. The number of rotatable bonds is 4. The van der Waals surface area contributed by atoms with Crippen LogP contribution in [-0.2, 0) is 14.3 Å². The normalized spacial score (nSPS) is 25.1. The fourth-order valence-corrected chi connectivity index (χ4v) is 1.99. The molecule has 1 aromatic carbocycles. The van der Waals surface area contributed by atoms with E-state index in [1.807, 2.05) is 6.07 Å². The van der Waals surface area contributed by atoms with Crippen molar-refractivity contribution in [2.75, 3.05) is 7.11 Å². The Morgan fingerprint density at radius 1 is 1.33 bits per heavy atom. The first kappa shape index (κ1) is 12.4. The quantitative estimate of drug-likeness (QED) is 0.353. The molecule has 1 fully saturated rings. The predicted octanol–water partition coefficient (Wildman–Crippen LogP) is 1.96. The number of esters is 2. The molecule has 0 bridgehead atoms. The SMILES string of the molecule is C=CC1CC1(C(=O)OC)C(=O)Oc1ccccc1. The Balaban J connectivity index is 2.17. The molecule has 2 unspecified atom stereocenters. The highest BCUT2D eigenvalue weighted by atomic mass is 16.6. The average molecular weight is 246 g/mol. The Labute approximate surface area is 105 Å². The Kier molecular flexibility index (Phi) is 3.19. The summed E-state index contributed by atoms with van der Waals surface area (Å²) in [7, 11) is 1.26. The van der Waals surface area contributed by atoms with Gasteiger partial charge >= 0.3 is 11.9 Å². The summed E-state index contributed by atoms with van der Waals surface area (Å²) in [5.74, 6) is -0.930. The molecule has 1 aliphatic rings. The van der Waals surface area contributed by atoms with E-state index < -0.39 is 17.4 Å². The highest BCUT2D eigenvalue weighted by molar-refractivity contribution is 6.04. The van der Waals surface area contributed by atoms with Gasteiger partial charge in [-0.25, -0.2) is 0 Å². The number of carbonyl (C=O) groups excluding carboxylic acids is 2. The maximum absolute atomic E-state index is 12.1. The molecule has 2 rings (SSSR count). The van der Waals surface area contributed by atoms with Crippen LogP contribution in [0.25, 0.3) is 0 Å². The summed E-state index contributed by atoms with van der Waals surface area (Å²) in [6.45, 7) is 3.61. The second-order valence-electron chi connectivity index (χ2n) is 4.21. The van der Waals surface area contributed by atoms with Crippen LogP contribution in [0.4, 0.5) is 0 Å². The lowest BCUT2D eigenvalue weighted by Crippen LogP contribution is -2.32. The first-order chi connectivity index (χ1) is 8.65. The molecule has 18 heavy (non-hydrogen) atoms. The van der Waals surface area contributed by atoms with Gasteiger partial charge in [-0.05, 0) is 18.6 Å². The fourth-order valence-electron chi connectivity index (χ4n) is 1.99.